The van der Waals surface area contributed by atoms with Crippen LogP contribution in [0.15, 0.2) is 48.8 Å². The lowest BCUT2D eigenvalue weighted by Crippen LogP contribution is -2.44. The third-order valence-electron chi connectivity index (χ3n) is 3.82. The molecule has 1 aromatic carbocycles. The number of hydrogen-bond donors (Lipinski definition) is 1. The quantitative estimate of drug-likeness (QED) is 0.870. The number of rotatable bonds is 4. The largest absolute Gasteiger partial charge is 0.481 e. The Kier molecular flexibility index (Phi) is 3.89. The molecule has 0 aliphatic carbocycles. The molecule has 116 valence electrons. The van der Waals surface area contributed by atoms with Gasteiger partial charge in [-0.2, -0.15) is 0 Å². The van der Waals surface area contributed by atoms with Gasteiger partial charge in [0.25, 0.3) is 5.91 Å². The molecule has 1 aromatic heterocycles. The van der Waals surface area contributed by atoms with E-state index in [4.69, 9.17) is 5.11 Å². The molecule has 1 aliphatic rings. The molecule has 23 heavy (non-hydrogen) atoms. The Balaban J connectivity index is 2.00. The molecule has 0 saturated heterocycles. The highest BCUT2D eigenvalue weighted by molar-refractivity contribution is 6.12. The summed E-state index contributed by atoms with van der Waals surface area (Å²) in [5, 5.41) is 9.09. The molecular formula is C17H14N2O4. The zero-order valence-electron chi connectivity index (χ0n) is 12.2. The molecule has 1 unspecified atom stereocenters. The summed E-state index contributed by atoms with van der Waals surface area (Å²) in [6.45, 7) is 0.0793. The van der Waals surface area contributed by atoms with Gasteiger partial charge in [0.1, 0.15) is 0 Å². The van der Waals surface area contributed by atoms with E-state index < -0.39 is 23.7 Å². The Labute approximate surface area is 132 Å². The number of amides is 2. The second-order valence-electron chi connectivity index (χ2n) is 5.33. The summed E-state index contributed by atoms with van der Waals surface area (Å²) in [5.41, 5.74) is 1.57. The summed E-state index contributed by atoms with van der Waals surface area (Å²) in [4.78, 5) is 41.4. The predicted molar refractivity (Wildman–Crippen MR) is 80.6 cm³/mol. The van der Waals surface area contributed by atoms with Crippen molar-refractivity contribution >= 4 is 17.8 Å². The summed E-state index contributed by atoms with van der Waals surface area (Å²) < 4.78 is 0. The van der Waals surface area contributed by atoms with E-state index in [2.05, 4.69) is 4.98 Å². The summed E-state index contributed by atoms with van der Waals surface area (Å²) in [6.07, 6.45) is 2.84. The molecule has 1 aliphatic heterocycles. The van der Waals surface area contributed by atoms with Gasteiger partial charge >= 0.3 is 5.97 Å². The first-order chi connectivity index (χ1) is 11.1. The van der Waals surface area contributed by atoms with Crippen LogP contribution in [0.3, 0.4) is 0 Å². The highest BCUT2D eigenvalue weighted by Crippen LogP contribution is 2.32. The van der Waals surface area contributed by atoms with E-state index in [1.165, 1.54) is 0 Å². The maximum atomic E-state index is 12.7. The molecule has 2 aromatic rings. The molecule has 0 radical (unpaired) electrons. The van der Waals surface area contributed by atoms with Crippen LogP contribution in [0.1, 0.15) is 33.8 Å². The molecule has 1 atom stereocenters. The first kappa shape index (κ1) is 14.9. The number of hydrogen-bond acceptors (Lipinski definition) is 4. The lowest BCUT2D eigenvalue weighted by molar-refractivity contribution is -0.141. The summed E-state index contributed by atoms with van der Waals surface area (Å²) >= 11 is 0. The molecule has 3 rings (SSSR count). The van der Waals surface area contributed by atoms with Crippen molar-refractivity contribution in [2.24, 2.45) is 0 Å². The molecule has 0 fully saturated rings. The van der Waals surface area contributed by atoms with Gasteiger partial charge in [0.15, 0.2) is 0 Å². The Hall–Kier alpha value is -3.02. The number of carboxylic acids is 1. The Bertz CT molecular complexity index is 773. The average molecular weight is 310 g/mol. The summed E-state index contributed by atoms with van der Waals surface area (Å²) in [7, 11) is 0. The number of pyridine rings is 1. The molecule has 0 saturated carbocycles. The van der Waals surface area contributed by atoms with E-state index >= 15 is 0 Å². The van der Waals surface area contributed by atoms with Crippen molar-refractivity contribution in [3.8, 4) is 0 Å². The Morgan fingerprint density at radius 3 is 2.65 bits per heavy atom. The van der Waals surface area contributed by atoms with Crippen LogP contribution in [0.25, 0.3) is 0 Å². The lowest BCUT2D eigenvalue weighted by Gasteiger charge is -2.31. The Morgan fingerprint density at radius 2 is 1.96 bits per heavy atom. The van der Waals surface area contributed by atoms with Gasteiger partial charge in [0.05, 0.1) is 18.9 Å². The fourth-order valence-corrected chi connectivity index (χ4v) is 2.76. The van der Waals surface area contributed by atoms with E-state index in [0.717, 1.165) is 4.90 Å². The minimum atomic E-state index is -1.08. The molecule has 1 N–H and O–H groups in total. The van der Waals surface area contributed by atoms with E-state index in [1.54, 1.807) is 48.8 Å². The number of carbonyl (C=O) groups excluding carboxylic acids is 2. The number of carboxylic acid groups (broad SMARTS) is 1. The van der Waals surface area contributed by atoms with Crippen LogP contribution in [-0.4, -0.2) is 32.8 Å². The van der Waals surface area contributed by atoms with Gasteiger partial charge in [0.2, 0.25) is 5.91 Å². The van der Waals surface area contributed by atoms with E-state index in [1.807, 2.05) is 0 Å². The number of imide groups is 1. The highest BCUT2D eigenvalue weighted by Gasteiger charge is 2.39. The van der Waals surface area contributed by atoms with Gasteiger partial charge in [-0.1, -0.05) is 24.3 Å². The van der Waals surface area contributed by atoms with Crippen molar-refractivity contribution < 1.29 is 19.5 Å². The highest BCUT2D eigenvalue weighted by atomic mass is 16.4. The molecule has 2 heterocycles. The van der Waals surface area contributed by atoms with E-state index in [9.17, 15) is 14.4 Å². The van der Waals surface area contributed by atoms with Crippen LogP contribution in [0.2, 0.25) is 0 Å². The maximum Gasteiger partial charge on any atom is 0.304 e. The molecule has 2 amide bonds. The average Bonchev–Trinajstić information content (AvgIpc) is 2.56. The molecule has 6 nitrogen and oxygen atoms in total. The first-order valence-corrected chi connectivity index (χ1v) is 7.13. The molecular weight excluding hydrogens is 296 g/mol. The van der Waals surface area contributed by atoms with Gasteiger partial charge in [-0.3, -0.25) is 24.3 Å². The fourth-order valence-electron chi connectivity index (χ4n) is 2.76. The van der Waals surface area contributed by atoms with Crippen LogP contribution in [0.5, 0.6) is 0 Å². The monoisotopic (exact) mass is 310 g/mol. The van der Waals surface area contributed by atoms with Gasteiger partial charge in [-0.05, 0) is 23.3 Å². The van der Waals surface area contributed by atoms with Crippen LogP contribution in [-0.2, 0) is 16.1 Å². The standard InChI is InChI=1S/C17H14N2O4/c20-15(21)8-14-12-5-1-2-6-13(12)16(22)19(17(14)23)10-11-4-3-7-18-9-11/h1-7,9,14H,8,10H2,(H,20,21). The van der Waals surface area contributed by atoms with Crippen molar-refractivity contribution in [3.05, 3.63) is 65.5 Å². The Morgan fingerprint density at radius 1 is 1.17 bits per heavy atom. The van der Waals surface area contributed by atoms with Crippen molar-refractivity contribution in [2.45, 2.75) is 18.9 Å². The number of fused-ring (bicyclic) bond motifs is 1. The SMILES string of the molecule is O=C(O)CC1C(=O)N(Cc2cccnc2)C(=O)c2ccccc21. The van der Waals surface area contributed by atoms with Crippen molar-refractivity contribution in [2.75, 3.05) is 0 Å². The van der Waals surface area contributed by atoms with Crippen LogP contribution in [0, 0.1) is 0 Å². The number of nitrogens with zero attached hydrogens (tertiary/aromatic N) is 2. The van der Waals surface area contributed by atoms with E-state index in [-0.39, 0.29) is 13.0 Å². The minimum Gasteiger partial charge on any atom is -0.481 e. The van der Waals surface area contributed by atoms with Gasteiger partial charge in [-0.25, -0.2) is 0 Å². The summed E-state index contributed by atoms with van der Waals surface area (Å²) in [5.74, 6) is -2.82. The minimum absolute atomic E-state index is 0.0793. The molecule has 6 heteroatoms. The van der Waals surface area contributed by atoms with Crippen molar-refractivity contribution in [1.82, 2.24) is 9.88 Å². The second-order valence-corrected chi connectivity index (χ2v) is 5.33. The second kappa shape index (κ2) is 6.00. The smallest absolute Gasteiger partial charge is 0.304 e. The van der Waals surface area contributed by atoms with Crippen LogP contribution >= 0.6 is 0 Å². The maximum absolute atomic E-state index is 12.7. The van der Waals surface area contributed by atoms with Crippen molar-refractivity contribution in [3.63, 3.8) is 0 Å². The zero-order chi connectivity index (χ0) is 16.4. The predicted octanol–water partition coefficient (Wildman–Crippen LogP) is 1.82. The van der Waals surface area contributed by atoms with Crippen molar-refractivity contribution in [1.29, 1.82) is 0 Å². The number of benzene rings is 1. The third kappa shape index (κ3) is 2.83. The first-order valence-electron chi connectivity index (χ1n) is 7.13. The van der Waals surface area contributed by atoms with E-state index in [0.29, 0.717) is 16.7 Å². The topological polar surface area (TPSA) is 87.6 Å². The fraction of sp³-hybridized carbons (Fsp3) is 0.176. The zero-order valence-corrected chi connectivity index (χ0v) is 12.2. The normalized spacial score (nSPS) is 17.0. The van der Waals surface area contributed by atoms with Gasteiger partial charge in [0, 0.05) is 18.0 Å². The number of aliphatic carboxylic acids is 1. The molecule has 0 bridgehead atoms. The van der Waals surface area contributed by atoms with Crippen LogP contribution in [0.4, 0.5) is 0 Å². The number of carbonyl (C=O) groups is 3. The molecule has 0 spiro atoms. The third-order valence-corrected chi connectivity index (χ3v) is 3.82. The van der Waals surface area contributed by atoms with Gasteiger partial charge < -0.3 is 5.11 Å². The summed E-state index contributed by atoms with van der Waals surface area (Å²) in [6, 6.07) is 10.1. The van der Waals surface area contributed by atoms with Gasteiger partial charge in [-0.15, -0.1) is 0 Å². The van der Waals surface area contributed by atoms with Crippen LogP contribution < -0.4 is 0 Å². The number of aromatic nitrogens is 1. The lowest BCUT2D eigenvalue weighted by atomic mass is 9.86.